The van der Waals surface area contributed by atoms with Crippen molar-refractivity contribution in [3.63, 3.8) is 0 Å². The predicted octanol–water partition coefficient (Wildman–Crippen LogP) is 4.82. The van der Waals surface area contributed by atoms with E-state index < -0.39 is 0 Å². The quantitative estimate of drug-likeness (QED) is 0.628. The molecule has 0 amide bonds. The van der Waals surface area contributed by atoms with Gasteiger partial charge >= 0.3 is 0 Å². The van der Waals surface area contributed by atoms with Crippen LogP contribution in [0.25, 0.3) is 10.1 Å². The standard InChI is InChI=1S/C18H14OS/c19-17(15-8-4-5-13-9-12-20-16(13)15)18(10-11-18)14-6-2-1-3-7-14/h1-9,12H,10-11H2. The first kappa shape index (κ1) is 11.9. The van der Waals surface area contributed by atoms with Crippen molar-refractivity contribution in [1.82, 2.24) is 0 Å². The van der Waals surface area contributed by atoms with Crippen LogP contribution in [0, 0.1) is 0 Å². The van der Waals surface area contributed by atoms with Gasteiger partial charge < -0.3 is 0 Å². The Kier molecular flexibility index (Phi) is 2.54. The van der Waals surface area contributed by atoms with Gasteiger partial charge in [0.05, 0.1) is 5.41 Å². The fourth-order valence-corrected chi connectivity index (χ4v) is 3.87. The van der Waals surface area contributed by atoms with Crippen molar-refractivity contribution >= 4 is 27.2 Å². The molecule has 3 aromatic rings. The lowest BCUT2D eigenvalue weighted by Gasteiger charge is -2.15. The van der Waals surface area contributed by atoms with Gasteiger partial charge in [-0.15, -0.1) is 11.3 Å². The normalized spacial score (nSPS) is 16.2. The van der Waals surface area contributed by atoms with Crippen molar-refractivity contribution < 1.29 is 4.79 Å². The molecule has 98 valence electrons. The summed E-state index contributed by atoms with van der Waals surface area (Å²) in [5.41, 5.74) is 1.79. The maximum atomic E-state index is 13.0. The molecular formula is C18H14OS. The van der Waals surface area contributed by atoms with Gasteiger partial charge in [0, 0.05) is 10.3 Å². The zero-order valence-electron chi connectivity index (χ0n) is 11.0. The zero-order chi connectivity index (χ0) is 13.6. The summed E-state index contributed by atoms with van der Waals surface area (Å²) in [5.74, 6) is 0.289. The molecule has 2 aromatic carbocycles. The molecule has 1 saturated carbocycles. The average molecular weight is 278 g/mol. The van der Waals surface area contributed by atoms with Crippen molar-refractivity contribution in [2.75, 3.05) is 0 Å². The van der Waals surface area contributed by atoms with Gasteiger partial charge in [-0.3, -0.25) is 4.79 Å². The third kappa shape index (κ3) is 1.65. The molecule has 20 heavy (non-hydrogen) atoms. The van der Waals surface area contributed by atoms with Crippen LogP contribution in [0.5, 0.6) is 0 Å². The number of fused-ring (bicyclic) bond motifs is 1. The summed E-state index contributed by atoms with van der Waals surface area (Å²) in [5, 5.41) is 3.23. The minimum atomic E-state index is -0.264. The number of ketones is 1. The van der Waals surface area contributed by atoms with Gasteiger partial charge in [0.2, 0.25) is 0 Å². The fraction of sp³-hybridized carbons (Fsp3) is 0.167. The molecule has 1 aliphatic rings. The Bertz CT molecular complexity index is 781. The molecule has 0 aliphatic heterocycles. The highest BCUT2D eigenvalue weighted by atomic mass is 32.1. The Morgan fingerprint density at radius 2 is 1.75 bits per heavy atom. The molecule has 0 spiro atoms. The van der Waals surface area contributed by atoms with E-state index in [1.807, 2.05) is 30.3 Å². The van der Waals surface area contributed by atoms with E-state index >= 15 is 0 Å². The minimum Gasteiger partial charge on any atom is -0.293 e. The maximum Gasteiger partial charge on any atom is 0.174 e. The second-order valence-electron chi connectivity index (χ2n) is 5.42. The first-order valence-corrected chi connectivity index (χ1v) is 7.76. The van der Waals surface area contributed by atoms with Gasteiger partial charge in [0.15, 0.2) is 5.78 Å². The Labute approximate surface area is 121 Å². The van der Waals surface area contributed by atoms with Crippen LogP contribution in [0.2, 0.25) is 0 Å². The summed E-state index contributed by atoms with van der Waals surface area (Å²) >= 11 is 1.66. The number of benzene rings is 2. The largest absolute Gasteiger partial charge is 0.293 e. The molecule has 0 N–H and O–H groups in total. The van der Waals surface area contributed by atoms with E-state index in [1.54, 1.807) is 11.3 Å². The van der Waals surface area contributed by atoms with Crippen molar-refractivity contribution in [3.8, 4) is 0 Å². The molecule has 2 heteroatoms. The van der Waals surface area contributed by atoms with E-state index in [4.69, 9.17) is 0 Å². The molecule has 4 rings (SSSR count). The van der Waals surface area contributed by atoms with Gasteiger partial charge in [-0.1, -0.05) is 42.5 Å². The van der Waals surface area contributed by atoms with Gasteiger partial charge in [-0.2, -0.15) is 0 Å². The lowest BCUT2D eigenvalue weighted by Crippen LogP contribution is -2.20. The summed E-state index contributed by atoms with van der Waals surface area (Å²) in [6.07, 6.45) is 1.94. The second kappa shape index (κ2) is 4.29. The third-order valence-electron chi connectivity index (χ3n) is 4.23. The number of hydrogen-bond donors (Lipinski definition) is 0. The monoisotopic (exact) mass is 278 g/mol. The van der Waals surface area contributed by atoms with Crippen molar-refractivity contribution in [2.24, 2.45) is 0 Å². The lowest BCUT2D eigenvalue weighted by molar-refractivity contribution is 0.0948. The second-order valence-corrected chi connectivity index (χ2v) is 6.34. The molecule has 0 saturated heterocycles. The summed E-state index contributed by atoms with van der Waals surface area (Å²) in [4.78, 5) is 13.0. The van der Waals surface area contributed by atoms with Gasteiger partial charge in [0.1, 0.15) is 0 Å². The van der Waals surface area contributed by atoms with E-state index in [2.05, 4.69) is 29.6 Å². The van der Waals surface area contributed by atoms with Crippen LogP contribution in [0.15, 0.2) is 60.0 Å². The van der Waals surface area contributed by atoms with Crippen LogP contribution in [-0.4, -0.2) is 5.78 Å². The van der Waals surface area contributed by atoms with Gasteiger partial charge in [-0.05, 0) is 41.3 Å². The zero-order valence-corrected chi connectivity index (χ0v) is 11.8. The number of carbonyl (C=O) groups is 1. The molecule has 1 aliphatic carbocycles. The number of rotatable bonds is 3. The topological polar surface area (TPSA) is 17.1 Å². The first-order valence-electron chi connectivity index (χ1n) is 6.88. The molecule has 0 unspecified atom stereocenters. The summed E-state index contributed by atoms with van der Waals surface area (Å²) < 4.78 is 1.12. The molecular weight excluding hydrogens is 264 g/mol. The van der Waals surface area contributed by atoms with Crippen LogP contribution >= 0.6 is 11.3 Å². The van der Waals surface area contributed by atoms with Gasteiger partial charge in [-0.25, -0.2) is 0 Å². The highest BCUT2D eigenvalue weighted by Gasteiger charge is 2.51. The van der Waals surface area contributed by atoms with Crippen LogP contribution in [0.4, 0.5) is 0 Å². The average Bonchev–Trinajstić information content (AvgIpc) is 3.18. The van der Waals surface area contributed by atoms with Crippen molar-refractivity contribution in [2.45, 2.75) is 18.3 Å². The Morgan fingerprint density at radius 3 is 2.50 bits per heavy atom. The number of hydrogen-bond acceptors (Lipinski definition) is 2. The van der Waals surface area contributed by atoms with Crippen molar-refractivity contribution in [1.29, 1.82) is 0 Å². The Hall–Kier alpha value is -1.93. The number of thiophene rings is 1. The number of Topliss-reactive ketones (excluding diaryl/α,β-unsaturated/α-hetero) is 1. The van der Waals surface area contributed by atoms with Crippen LogP contribution in [0.3, 0.4) is 0 Å². The minimum absolute atomic E-state index is 0.264. The van der Waals surface area contributed by atoms with Crippen molar-refractivity contribution in [3.05, 3.63) is 71.1 Å². The van der Waals surface area contributed by atoms with Crippen LogP contribution < -0.4 is 0 Å². The molecule has 1 nitrogen and oxygen atoms in total. The third-order valence-corrected chi connectivity index (χ3v) is 5.20. The highest BCUT2D eigenvalue weighted by Crippen LogP contribution is 2.51. The molecule has 0 atom stereocenters. The van der Waals surface area contributed by atoms with Crippen LogP contribution in [0.1, 0.15) is 28.8 Å². The predicted molar refractivity (Wildman–Crippen MR) is 83.5 cm³/mol. The van der Waals surface area contributed by atoms with E-state index in [1.165, 1.54) is 10.9 Å². The Morgan fingerprint density at radius 1 is 0.950 bits per heavy atom. The summed E-state index contributed by atoms with van der Waals surface area (Å²) in [7, 11) is 0. The van der Waals surface area contributed by atoms with E-state index in [9.17, 15) is 4.79 Å². The lowest BCUT2D eigenvalue weighted by atomic mass is 9.87. The van der Waals surface area contributed by atoms with E-state index in [0.717, 1.165) is 23.1 Å². The Balaban J connectivity index is 1.84. The smallest absolute Gasteiger partial charge is 0.174 e. The fourth-order valence-electron chi connectivity index (χ4n) is 2.96. The first-order chi connectivity index (χ1) is 9.81. The SMILES string of the molecule is O=C(c1cccc2ccsc12)C1(c2ccccc2)CC1. The van der Waals surface area contributed by atoms with Gasteiger partial charge in [0.25, 0.3) is 0 Å². The molecule has 0 bridgehead atoms. The molecule has 1 heterocycles. The number of carbonyl (C=O) groups excluding carboxylic acids is 1. The maximum absolute atomic E-state index is 13.0. The molecule has 1 fully saturated rings. The molecule has 1 aromatic heterocycles. The highest BCUT2D eigenvalue weighted by molar-refractivity contribution is 7.17. The van der Waals surface area contributed by atoms with E-state index in [0.29, 0.717) is 0 Å². The van der Waals surface area contributed by atoms with E-state index in [-0.39, 0.29) is 11.2 Å². The summed E-state index contributed by atoms with van der Waals surface area (Å²) in [6.45, 7) is 0. The molecule has 0 radical (unpaired) electrons. The van der Waals surface area contributed by atoms with Crippen LogP contribution in [-0.2, 0) is 5.41 Å². The summed E-state index contributed by atoms with van der Waals surface area (Å²) in [6, 6.07) is 18.3.